The SMILES string of the molecule is CC(C)CN(CC(C)(C)C(N)c1ccccc1)C(C)C. The predicted octanol–water partition coefficient (Wildman–Crippen LogP) is 4.08. The summed E-state index contributed by atoms with van der Waals surface area (Å²) in [5.41, 5.74) is 7.81. The van der Waals surface area contributed by atoms with E-state index in [0.717, 1.165) is 13.1 Å². The molecule has 20 heavy (non-hydrogen) atoms. The Morgan fingerprint density at radius 1 is 1.05 bits per heavy atom. The quantitative estimate of drug-likeness (QED) is 0.813. The van der Waals surface area contributed by atoms with E-state index in [4.69, 9.17) is 5.73 Å². The average molecular weight is 276 g/mol. The summed E-state index contributed by atoms with van der Waals surface area (Å²) in [6, 6.07) is 11.1. The van der Waals surface area contributed by atoms with Crippen molar-refractivity contribution in [2.75, 3.05) is 13.1 Å². The Hall–Kier alpha value is -0.860. The molecule has 114 valence electrons. The van der Waals surface area contributed by atoms with Crippen molar-refractivity contribution in [1.82, 2.24) is 4.90 Å². The molecule has 1 aromatic rings. The van der Waals surface area contributed by atoms with E-state index in [0.29, 0.717) is 12.0 Å². The average Bonchev–Trinajstić information content (AvgIpc) is 2.37. The van der Waals surface area contributed by atoms with E-state index < -0.39 is 0 Å². The Morgan fingerprint density at radius 2 is 1.60 bits per heavy atom. The zero-order valence-corrected chi connectivity index (χ0v) is 14.1. The number of hydrogen-bond donors (Lipinski definition) is 1. The van der Waals surface area contributed by atoms with Crippen LogP contribution in [-0.4, -0.2) is 24.0 Å². The molecule has 0 bridgehead atoms. The van der Waals surface area contributed by atoms with E-state index in [-0.39, 0.29) is 11.5 Å². The van der Waals surface area contributed by atoms with Crippen molar-refractivity contribution in [3.63, 3.8) is 0 Å². The van der Waals surface area contributed by atoms with Gasteiger partial charge in [-0.25, -0.2) is 0 Å². The molecule has 0 saturated heterocycles. The van der Waals surface area contributed by atoms with Gasteiger partial charge in [-0.1, -0.05) is 58.0 Å². The highest BCUT2D eigenvalue weighted by Gasteiger charge is 2.30. The van der Waals surface area contributed by atoms with Gasteiger partial charge in [0.15, 0.2) is 0 Å². The zero-order chi connectivity index (χ0) is 15.3. The molecule has 0 spiro atoms. The predicted molar refractivity (Wildman–Crippen MR) is 88.7 cm³/mol. The van der Waals surface area contributed by atoms with E-state index in [1.165, 1.54) is 5.56 Å². The van der Waals surface area contributed by atoms with Gasteiger partial charge in [0.1, 0.15) is 0 Å². The summed E-state index contributed by atoms with van der Waals surface area (Å²) < 4.78 is 0. The van der Waals surface area contributed by atoms with Crippen LogP contribution in [0.15, 0.2) is 30.3 Å². The number of rotatable bonds is 7. The highest BCUT2D eigenvalue weighted by molar-refractivity contribution is 5.20. The number of nitrogens with two attached hydrogens (primary N) is 1. The lowest BCUT2D eigenvalue weighted by molar-refractivity contribution is 0.112. The maximum atomic E-state index is 6.53. The molecule has 1 unspecified atom stereocenters. The van der Waals surface area contributed by atoms with Gasteiger partial charge >= 0.3 is 0 Å². The number of benzene rings is 1. The van der Waals surface area contributed by atoms with Gasteiger partial charge in [0.2, 0.25) is 0 Å². The minimum Gasteiger partial charge on any atom is -0.323 e. The molecule has 2 N–H and O–H groups in total. The number of nitrogens with zero attached hydrogens (tertiary/aromatic N) is 1. The molecular formula is C18H32N2. The second-order valence-electron chi connectivity index (χ2n) is 7.29. The first-order valence-corrected chi connectivity index (χ1v) is 7.78. The summed E-state index contributed by atoms with van der Waals surface area (Å²) in [5, 5.41) is 0. The summed E-state index contributed by atoms with van der Waals surface area (Å²) in [6.45, 7) is 15.8. The molecule has 0 saturated carbocycles. The maximum Gasteiger partial charge on any atom is 0.0359 e. The fraction of sp³-hybridized carbons (Fsp3) is 0.667. The zero-order valence-electron chi connectivity index (χ0n) is 14.1. The van der Waals surface area contributed by atoms with Gasteiger partial charge in [-0.05, 0) is 30.7 Å². The smallest absolute Gasteiger partial charge is 0.0359 e. The molecule has 0 fully saturated rings. The molecule has 2 nitrogen and oxygen atoms in total. The highest BCUT2D eigenvalue weighted by Crippen LogP contribution is 2.32. The summed E-state index contributed by atoms with van der Waals surface area (Å²) in [5.74, 6) is 0.682. The van der Waals surface area contributed by atoms with Gasteiger partial charge in [0.05, 0.1) is 0 Å². The highest BCUT2D eigenvalue weighted by atomic mass is 15.2. The van der Waals surface area contributed by atoms with Gasteiger partial charge in [-0.15, -0.1) is 0 Å². The van der Waals surface area contributed by atoms with Gasteiger partial charge in [-0.3, -0.25) is 0 Å². The second-order valence-corrected chi connectivity index (χ2v) is 7.29. The monoisotopic (exact) mass is 276 g/mol. The Balaban J connectivity index is 2.81. The van der Waals surface area contributed by atoms with Gasteiger partial charge < -0.3 is 10.6 Å². The lowest BCUT2D eigenvalue weighted by atomic mass is 9.80. The summed E-state index contributed by atoms with van der Waals surface area (Å²) >= 11 is 0. The first-order valence-electron chi connectivity index (χ1n) is 7.78. The van der Waals surface area contributed by atoms with Crippen molar-refractivity contribution < 1.29 is 0 Å². The third kappa shape index (κ3) is 4.92. The van der Waals surface area contributed by atoms with Crippen molar-refractivity contribution >= 4 is 0 Å². The molecule has 2 heteroatoms. The van der Waals surface area contributed by atoms with E-state index in [1.54, 1.807) is 0 Å². The van der Waals surface area contributed by atoms with Crippen molar-refractivity contribution in [2.24, 2.45) is 17.1 Å². The van der Waals surface area contributed by atoms with E-state index in [9.17, 15) is 0 Å². The first kappa shape index (κ1) is 17.2. The van der Waals surface area contributed by atoms with Crippen LogP contribution in [0, 0.1) is 11.3 Å². The van der Waals surface area contributed by atoms with Gasteiger partial charge in [0.25, 0.3) is 0 Å². The van der Waals surface area contributed by atoms with Gasteiger partial charge in [0, 0.05) is 25.2 Å². The van der Waals surface area contributed by atoms with Crippen LogP contribution >= 0.6 is 0 Å². The van der Waals surface area contributed by atoms with Crippen LogP contribution in [0.2, 0.25) is 0 Å². The maximum absolute atomic E-state index is 6.53. The molecule has 0 amide bonds. The minimum absolute atomic E-state index is 0.0561. The molecule has 0 heterocycles. The van der Waals surface area contributed by atoms with E-state index in [2.05, 4.69) is 70.7 Å². The Morgan fingerprint density at radius 3 is 2.05 bits per heavy atom. The van der Waals surface area contributed by atoms with Crippen LogP contribution in [0.25, 0.3) is 0 Å². The lowest BCUT2D eigenvalue weighted by Crippen LogP contribution is -2.45. The minimum atomic E-state index is 0.0561. The normalized spacial score (nSPS) is 14.3. The third-order valence-corrected chi connectivity index (χ3v) is 3.94. The van der Waals surface area contributed by atoms with Crippen LogP contribution < -0.4 is 5.73 Å². The van der Waals surface area contributed by atoms with Crippen molar-refractivity contribution in [2.45, 2.75) is 53.6 Å². The van der Waals surface area contributed by atoms with Crippen LogP contribution in [0.5, 0.6) is 0 Å². The lowest BCUT2D eigenvalue weighted by Gasteiger charge is -2.39. The topological polar surface area (TPSA) is 29.3 Å². The fourth-order valence-electron chi connectivity index (χ4n) is 2.66. The van der Waals surface area contributed by atoms with Crippen LogP contribution in [0.4, 0.5) is 0 Å². The Bertz CT molecular complexity index is 382. The third-order valence-electron chi connectivity index (χ3n) is 3.94. The van der Waals surface area contributed by atoms with Gasteiger partial charge in [-0.2, -0.15) is 0 Å². The molecule has 0 aliphatic heterocycles. The molecule has 0 radical (unpaired) electrons. The molecule has 1 aromatic carbocycles. The van der Waals surface area contributed by atoms with Crippen molar-refractivity contribution in [3.05, 3.63) is 35.9 Å². The standard InChI is InChI=1S/C18H32N2/c1-14(2)12-20(15(3)4)13-18(5,6)17(19)16-10-8-7-9-11-16/h7-11,14-15,17H,12-13,19H2,1-6H3. The van der Waals surface area contributed by atoms with Crippen molar-refractivity contribution in [1.29, 1.82) is 0 Å². The van der Waals surface area contributed by atoms with Crippen LogP contribution in [-0.2, 0) is 0 Å². The Labute approximate surface area is 125 Å². The van der Waals surface area contributed by atoms with Crippen LogP contribution in [0.1, 0.15) is 53.1 Å². The van der Waals surface area contributed by atoms with E-state index in [1.807, 2.05) is 6.07 Å². The second kappa shape index (κ2) is 7.24. The number of hydrogen-bond acceptors (Lipinski definition) is 2. The molecule has 0 aliphatic carbocycles. The van der Waals surface area contributed by atoms with Crippen LogP contribution in [0.3, 0.4) is 0 Å². The molecule has 0 aromatic heterocycles. The first-order chi connectivity index (χ1) is 9.24. The molecule has 1 rings (SSSR count). The molecular weight excluding hydrogens is 244 g/mol. The summed E-state index contributed by atoms with van der Waals surface area (Å²) in [6.07, 6.45) is 0. The fourth-order valence-corrected chi connectivity index (χ4v) is 2.66. The summed E-state index contributed by atoms with van der Waals surface area (Å²) in [4.78, 5) is 2.55. The Kier molecular flexibility index (Phi) is 6.22. The largest absolute Gasteiger partial charge is 0.323 e. The van der Waals surface area contributed by atoms with E-state index >= 15 is 0 Å². The van der Waals surface area contributed by atoms with Crippen molar-refractivity contribution in [3.8, 4) is 0 Å². The summed E-state index contributed by atoms with van der Waals surface area (Å²) in [7, 11) is 0. The molecule has 0 aliphatic rings. The molecule has 1 atom stereocenters.